The Hall–Kier alpha value is -3.22. The second-order valence-electron chi connectivity index (χ2n) is 7.79. The lowest BCUT2D eigenvalue weighted by atomic mass is 10.1. The van der Waals surface area contributed by atoms with E-state index >= 15 is 0 Å². The number of H-pyrrole nitrogens is 1. The highest BCUT2D eigenvalue weighted by Crippen LogP contribution is 2.36. The number of carbonyl (C=O) groups is 1. The smallest absolute Gasteiger partial charge is 0.274 e. The Morgan fingerprint density at radius 1 is 1.17 bits per heavy atom. The fraction of sp³-hybridized carbons (Fsp3) is 0.364. The molecule has 1 saturated carbocycles. The number of aryl methyl sites for hydroxylation is 2. The van der Waals surface area contributed by atoms with E-state index in [0.717, 1.165) is 29.8 Å². The Labute approximate surface area is 169 Å². The normalized spacial score (nSPS) is 14.6. The Morgan fingerprint density at radius 3 is 2.45 bits per heavy atom. The van der Waals surface area contributed by atoms with Gasteiger partial charge in [0.1, 0.15) is 5.69 Å². The van der Waals surface area contributed by atoms with Crippen molar-refractivity contribution in [3.8, 4) is 5.95 Å². The molecule has 0 spiro atoms. The van der Waals surface area contributed by atoms with Crippen molar-refractivity contribution in [3.05, 3.63) is 75.5 Å². The molecular weight excluding hydrogens is 366 g/mol. The molecule has 0 bridgehead atoms. The Bertz CT molecular complexity index is 1060. The number of hydrogen-bond acceptors (Lipinski definition) is 4. The average Bonchev–Trinajstić information content (AvgIpc) is 3.47. The van der Waals surface area contributed by atoms with Gasteiger partial charge in [-0.15, -0.1) is 0 Å². The van der Waals surface area contributed by atoms with Crippen molar-refractivity contribution >= 4 is 5.91 Å². The summed E-state index contributed by atoms with van der Waals surface area (Å²) in [5, 5.41) is 2.92. The third-order valence-electron chi connectivity index (χ3n) is 5.37. The SMILES string of the molecule is Cc1cc(C)nc(-n2[nH]c(C(=O)N(Cc3ccccc3)C(C)C3CC3)cc2=O)n1. The summed E-state index contributed by atoms with van der Waals surface area (Å²) in [4.78, 5) is 36.4. The van der Waals surface area contributed by atoms with Crippen LogP contribution in [0.3, 0.4) is 0 Å². The molecule has 3 aromatic rings. The van der Waals surface area contributed by atoms with Crippen molar-refractivity contribution in [2.75, 3.05) is 0 Å². The molecule has 29 heavy (non-hydrogen) atoms. The van der Waals surface area contributed by atoms with Gasteiger partial charge in [0.05, 0.1) is 0 Å². The van der Waals surface area contributed by atoms with Crippen molar-refractivity contribution in [1.29, 1.82) is 0 Å². The highest BCUT2D eigenvalue weighted by molar-refractivity contribution is 5.92. The van der Waals surface area contributed by atoms with Crippen LogP contribution in [0, 0.1) is 19.8 Å². The van der Waals surface area contributed by atoms with Crippen LogP contribution >= 0.6 is 0 Å². The predicted octanol–water partition coefficient (Wildman–Crippen LogP) is 3.01. The van der Waals surface area contributed by atoms with Crippen LogP contribution in [0.25, 0.3) is 5.95 Å². The van der Waals surface area contributed by atoms with E-state index in [4.69, 9.17) is 0 Å². The van der Waals surface area contributed by atoms with Crippen LogP contribution < -0.4 is 5.56 Å². The van der Waals surface area contributed by atoms with Gasteiger partial charge in [0.15, 0.2) is 0 Å². The first-order valence-electron chi connectivity index (χ1n) is 9.92. The molecule has 7 nitrogen and oxygen atoms in total. The third-order valence-corrected chi connectivity index (χ3v) is 5.37. The lowest BCUT2D eigenvalue weighted by Gasteiger charge is -2.29. The quantitative estimate of drug-likeness (QED) is 0.700. The second-order valence-corrected chi connectivity index (χ2v) is 7.79. The number of rotatable bonds is 6. The van der Waals surface area contributed by atoms with E-state index in [9.17, 15) is 9.59 Å². The molecule has 1 atom stereocenters. The molecule has 1 fully saturated rings. The summed E-state index contributed by atoms with van der Waals surface area (Å²) >= 11 is 0. The summed E-state index contributed by atoms with van der Waals surface area (Å²) < 4.78 is 1.23. The minimum atomic E-state index is -0.350. The molecule has 2 aromatic heterocycles. The summed E-state index contributed by atoms with van der Waals surface area (Å²) in [5.74, 6) is 0.573. The maximum Gasteiger partial charge on any atom is 0.274 e. The van der Waals surface area contributed by atoms with Gasteiger partial charge in [0.2, 0.25) is 0 Å². The third kappa shape index (κ3) is 4.13. The summed E-state index contributed by atoms with van der Waals surface area (Å²) in [5.41, 5.74) is 2.48. The lowest BCUT2D eigenvalue weighted by Crippen LogP contribution is -2.39. The monoisotopic (exact) mass is 391 g/mol. The first-order chi connectivity index (χ1) is 13.9. The number of benzene rings is 1. The number of carbonyl (C=O) groups excluding carboxylic acids is 1. The lowest BCUT2D eigenvalue weighted by molar-refractivity contribution is 0.0647. The molecule has 7 heteroatoms. The summed E-state index contributed by atoms with van der Waals surface area (Å²) in [6.45, 7) is 6.28. The van der Waals surface area contributed by atoms with Gasteiger partial charge >= 0.3 is 0 Å². The molecular formula is C22H25N5O2. The highest BCUT2D eigenvalue weighted by atomic mass is 16.2. The van der Waals surface area contributed by atoms with Gasteiger partial charge in [0.25, 0.3) is 17.4 Å². The maximum absolute atomic E-state index is 13.4. The van der Waals surface area contributed by atoms with Gasteiger partial charge in [-0.05, 0) is 51.2 Å². The summed E-state index contributed by atoms with van der Waals surface area (Å²) in [6.07, 6.45) is 2.27. The highest BCUT2D eigenvalue weighted by Gasteiger charge is 2.35. The number of hydrogen-bond donors (Lipinski definition) is 1. The number of nitrogens with one attached hydrogen (secondary N) is 1. The standard InChI is InChI=1S/C22H25N5O2/c1-14-11-15(2)24-22(23-14)27-20(28)12-19(25-27)21(29)26(16(3)18-9-10-18)13-17-7-5-4-6-8-17/h4-8,11-12,16,18,25H,9-10,13H2,1-3H3. The molecule has 1 N–H and O–H groups in total. The van der Waals surface area contributed by atoms with Gasteiger partial charge < -0.3 is 4.90 Å². The average molecular weight is 391 g/mol. The Kier molecular flexibility index (Phi) is 5.05. The zero-order chi connectivity index (χ0) is 20.5. The predicted molar refractivity (Wildman–Crippen MR) is 110 cm³/mol. The van der Waals surface area contributed by atoms with Crippen molar-refractivity contribution in [3.63, 3.8) is 0 Å². The minimum absolute atomic E-state index is 0.104. The largest absolute Gasteiger partial charge is 0.330 e. The van der Waals surface area contributed by atoms with Crippen LogP contribution in [0.15, 0.2) is 47.3 Å². The van der Waals surface area contributed by atoms with E-state index in [2.05, 4.69) is 22.0 Å². The van der Waals surface area contributed by atoms with E-state index in [1.54, 1.807) is 0 Å². The first kappa shape index (κ1) is 19.1. The van der Waals surface area contributed by atoms with Crippen LogP contribution in [0.5, 0.6) is 0 Å². The summed E-state index contributed by atoms with van der Waals surface area (Å²) in [6, 6.07) is 13.2. The fourth-order valence-electron chi connectivity index (χ4n) is 3.63. The number of aromatic amines is 1. The van der Waals surface area contributed by atoms with Crippen LogP contribution in [0.2, 0.25) is 0 Å². The zero-order valence-electron chi connectivity index (χ0n) is 16.9. The topological polar surface area (TPSA) is 83.9 Å². The molecule has 1 amide bonds. The van der Waals surface area contributed by atoms with E-state index in [1.165, 1.54) is 10.7 Å². The molecule has 1 aliphatic carbocycles. The molecule has 4 rings (SSSR count). The van der Waals surface area contributed by atoms with Crippen molar-refractivity contribution in [2.24, 2.45) is 5.92 Å². The minimum Gasteiger partial charge on any atom is -0.330 e. The second kappa shape index (κ2) is 7.66. The van der Waals surface area contributed by atoms with Gasteiger partial charge in [-0.25, -0.2) is 9.97 Å². The van der Waals surface area contributed by atoms with E-state index in [-0.39, 0.29) is 29.2 Å². The van der Waals surface area contributed by atoms with Crippen molar-refractivity contribution in [1.82, 2.24) is 24.6 Å². The fourth-order valence-corrected chi connectivity index (χ4v) is 3.63. The van der Waals surface area contributed by atoms with Gasteiger partial charge in [-0.3, -0.25) is 14.7 Å². The van der Waals surface area contributed by atoms with E-state index < -0.39 is 0 Å². The van der Waals surface area contributed by atoms with E-state index in [1.807, 2.05) is 55.1 Å². The van der Waals surface area contributed by atoms with Crippen LogP contribution in [0.4, 0.5) is 0 Å². The molecule has 0 radical (unpaired) electrons. The molecule has 0 aliphatic heterocycles. The Balaban J connectivity index is 1.66. The molecule has 150 valence electrons. The van der Waals surface area contributed by atoms with Gasteiger partial charge in [0, 0.05) is 30.0 Å². The number of nitrogens with zero attached hydrogens (tertiary/aromatic N) is 4. The zero-order valence-corrected chi connectivity index (χ0v) is 16.9. The van der Waals surface area contributed by atoms with Crippen LogP contribution in [0.1, 0.15) is 47.2 Å². The maximum atomic E-state index is 13.4. The van der Waals surface area contributed by atoms with Crippen LogP contribution in [-0.2, 0) is 6.54 Å². The Morgan fingerprint density at radius 2 is 1.83 bits per heavy atom. The first-order valence-corrected chi connectivity index (χ1v) is 9.92. The number of amides is 1. The molecule has 2 heterocycles. The summed E-state index contributed by atoms with van der Waals surface area (Å²) in [7, 11) is 0. The molecule has 1 aromatic carbocycles. The van der Waals surface area contributed by atoms with Crippen molar-refractivity contribution < 1.29 is 4.79 Å². The van der Waals surface area contributed by atoms with Gasteiger partial charge in [-0.2, -0.15) is 4.68 Å². The van der Waals surface area contributed by atoms with Crippen molar-refractivity contribution in [2.45, 2.75) is 46.2 Å². The van der Waals surface area contributed by atoms with Gasteiger partial charge in [-0.1, -0.05) is 30.3 Å². The van der Waals surface area contributed by atoms with Crippen LogP contribution in [-0.4, -0.2) is 36.6 Å². The van der Waals surface area contributed by atoms with E-state index in [0.29, 0.717) is 12.5 Å². The molecule has 1 unspecified atom stereocenters. The molecule has 1 aliphatic rings. The number of aromatic nitrogens is 4. The molecule has 0 saturated heterocycles.